The first-order chi connectivity index (χ1) is 9.54. The van der Waals surface area contributed by atoms with Gasteiger partial charge >= 0.3 is 0 Å². The summed E-state index contributed by atoms with van der Waals surface area (Å²) in [5.74, 6) is 0.208. The molecule has 3 atom stereocenters. The van der Waals surface area contributed by atoms with Gasteiger partial charge in [-0.15, -0.1) is 0 Å². The van der Waals surface area contributed by atoms with Gasteiger partial charge in [0.15, 0.2) is 0 Å². The highest BCUT2D eigenvalue weighted by Crippen LogP contribution is 2.39. The summed E-state index contributed by atoms with van der Waals surface area (Å²) in [7, 11) is 0. The number of fused-ring (bicyclic) bond motifs is 1. The summed E-state index contributed by atoms with van der Waals surface area (Å²) in [4.78, 5) is 0. The molecular weight excluding hydrogens is 260 g/mol. The monoisotopic (exact) mass is 276 g/mol. The van der Waals surface area contributed by atoms with Crippen LogP contribution in [0.3, 0.4) is 0 Å². The van der Waals surface area contributed by atoms with Gasteiger partial charge in [-0.2, -0.15) is 0 Å². The SMILES string of the molecule is Oc1cc(O)c2c(c1)OC(C1=CCC(O)C=C1)C(O)C2. The van der Waals surface area contributed by atoms with Gasteiger partial charge in [-0.1, -0.05) is 18.2 Å². The van der Waals surface area contributed by atoms with Crippen molar-refractivity contribution < 1.29 is 25.2 Å². The fourth-order valence-corrected chi connectivity index (χ4v) is 2.59. The average molecular weight is 276 g/mol. The van der Waals surface area contributed by atoms with Crippen molar-refractivity contribution in [2.24, 2.45) is 0 Å². The van der Waals surface area contributed by atoms with Crippen molar-refractivity contribution in [3.8, 4) is 17.2 Å². The predicted molar refractivity (Wildman–Crippen MR) is 71.7 cm³/mol. The summed E-state index contributed by atoms with van der Waals surface area (Å²) < 4.78 is 5.71. The Morgan fingerprint density at radius 3 is 2.65 bits per heavy atom. The maximum Gasteiger partial charge on any atom is 0.150 e. The Morgan fingerprint density at radius 1 is 1.15 bits per heavy atom. The van der Waals surface area contributed by atoms with Crippen LogP contribution in [0.2, 0.25) is 0 Å². The van der Waals surface area contributed by atoms with E-state index in [0.29, 0.717) is 17.7 Å². The van der Waals surface area contributed by atoms with Crippen molar-refractivity contribution in [1.82, 2.24) is 0 Å². The lowest BCUT2D eigenvalue weighted by Gasteiger charge is -2.32. The molecule has 20 heavy (non-hydrogen) atoms. The lowest BCUT2D eigenvalue weighted by molar-refractivity contribution is 0.0427. The molecule has 106 valence electrons. The third-order valence-corrected chi connectivity index (χ3v) is 3.62. The van der Waals surface area contributed by atoms with Gasteiger partial charge < -0.3 is 25.2 Å². The molecule has 3 rings (SSSR count). The van der Waals surface area contributed by atoms with E-state index < -0.39 is 18.3 Å². The van der Waals surface area contributed by atoms with E-state index >= 15 is 0 Å². The number of phenols is 2. The number of aromatic hydroxyl groups is 2. The highest BCUT2D eigenvalue weighted by Gasteiger charge is 2.33. The first kappa shape index (κ1) is 13.0. The third kappa shape index (κ3) is 2.26. The maximum atomic E-state index is 10.2. The second kappa shape index (κ2) is 4.85. The van der Waals surface area contributed by atoms with Gasteiger partial charge in [0.25, 0.3) is 0 Å². The van der Waals surface area contributed by atoms with Crippen LogP contribution in [0.5, 0.6) is 17.2 Å². The van der Waals surface area contributed by atoms with Crippen LogP contribution in [0, 0.1) is 0 Å². The largest absolute Gasteiger partial charge is 0.508 e. The Morgan fingerprint density at radius 2 is 1.95 bits per heavy atom. The van der Waals surface area contributed by atoms with E-state index in [4.69, 9.17) is 4.74 Å². The average Bonchev–Trinajstić information content (AvgIpc) is 2.40. The summed E-state index contributed by atoms with van der Waals surface area (Å²) in [6.07, 6.45) is 4.09. The number of aliphatic hydroxyl groups excluding tert-OH is 2. The minimum Gasteiger partial charge on any atom is -0.508 e. The molecule has 5 heteroatoms. The maximum absolute atomic E-state index is 10.2. The second-order valence-electron chi connectivity index (χ2n) is 5.12. The molecule has 1 heterocycles. The fourth-order valence-electron chi connectivity index (χ4n) is 2.59. The van der Waals surface area contributed by atoms with E-state index in [1.165, 1.54) is 12.1 Å². The lowest BCUT2D eigenvalue weighted by atomic mass is 9.91. The summed E-state index contributed by atoms with van der Waals surface area (Å²) >= 11 is 0. The second-order valence-corrected chi connectivity index (χ2v) is 5.12. The molecule has 0 bridgehead atoms. The predicted octanol–water partition coefficient (Wildman–Crippen LogP) is 1.01. The van der Waals surface area contributed by atoms with Crippen molar-refractivity contribution >= 4 is 0 Å². The molecular formula is C15H16O5. The molecule has 3 unspecified atom stereocenters. The first-order valence-corrected chi connectivity index (χ1v) is 6.50. The Bertz CT molecular complexity index is 590. The van der Waals surface area contributed by atoms with E-state index in [1.807, 2.05) is 6.08 Å². The Balaban J connectivity index is 1.91. The normalized spacial score (nSPS) is 28.5. The van der Waals surface area contributed by atoms with Crippen LogP contribution in [0.1, 0.15) is 12.0 Å². The zero-order chi connectivity index (χ0) is 14.3. The Labute approximate surface area is 116 Å². The van der Waals surface area contributed by atoms with Crippen LogP contribution in [0.4, 0.5) is 0 Å². The smallest absolute Gasteiger partial charge is 0.150 e. The Hall–Kier alpha value is -1.98. The van der Waals surface area contributed by atoms with Crippen LogP contribution in [0.25, 0.3) is 0 Å². The standard InChI is InChI=1S/C15H16O5/c16-9-3-1-8(2-4-9)15-13(19)7-11-12(18)5-10(17)6-14(11)20-15/h1-3,5-6,9,13,15-19H,4,7H2. The number of hydrogen-bond acceptors (Lipinski definition) is 5. The van der Waals surface area contributed by atoms with E-state index in [0.717, 1.165) is 5.57 Å². The molecule has 1 aliphatic heterocycles. The first-order valence-electron chi connectivity index (χ1n) is 6.50. The fraction of sp³-hybridized carbons (Fsp3) is 0.333. The highest BCUT2D eigenvalue weighted by atomic mass is 16.5. The molecule has 0 radical (unpaired) electrons. The zero-order valence-electron chi connectivity index (χ0n) is 10.7. The number of benzene rings is 1. The minimum absolute atomic E-state index is 0.0823. The molecule has 2 aliphatic rings. The molecule has 0 amide bonds. The van der Waals surface area contributed by atoms with Gasteiger partial charge in [-0.25, -0.2) is 0 Å². The van der Waals surface area contributed by atoms with Crippen molar-refractivity contribution in [3.05, 3.63) is 41.5 Å². The van der Waals surface area contributed by atoms with Gasteiger partial charge in [-0.05, 0) is 12.0 Å². The summed E-state index contributed by atoms with van der Waals surface area (Å²) in [5.41, 5.74) is 1.28. The van der Waals surface area contributed by atoms with E-state index in [-0.39, 0.29) is 17.9 Å². The van der Waals surface area contributed by atoms with Gasteiger partial charge in [0.1, 0.15) is 23.4 Å². The number of phenolic OH excluding ortho intramolecular Hbond substituents is 2. The van der Waals surface area contributed by atoms with Crippen LogP contribution in [-0.2, 0) is 6.42 Å². The molecule has 4 N–H and O–H groups in total. The van der Waals surface area contributed by atoms with Crippen LogP contribution < -0.4 is 4.74 Å². The quantitative estimate of drug-likeness (QED) is 0.614. The van der Waals surface area contributed by atoms with Gasteiger partial charge in [0.05, 0.1) is 12.2 Å². The number of ether oxygens (including phenoxy) is 1. The van der Waals surface area contributed by atoms with Gasteiger partial charge in [-0.3, -0.25) is 0 Å². The molecule has 1 aliphatic carbocycles. The highest BCUT2D eigenvalue weighted by molar-refractivity contribution is 5.52. The van der Waals surface area contributed by atoms with Crippen molar-refractivity contribution in [2.75, 3.05) is 0 Å². The summed E-state index contributed by atoms with van der Waals surface area (Å²) in [6.45, 7) is 0. The van der Waals surface area contributed by atoms with E-state index in [9.17, 15) is 20.4 Å². The summed E-state index contributed by atoms with van der Waals surface area (Å²) in [5, 5.41) is 38.9. The van der Waals surface area contributed by atoms with E-state index in [1.54, 1.807) is 12.2 Å². The molecule has 5 nitrogen and oxygen atoms in total. The molecule has 0 saturated heterocycles. The molecule has 0 spiro atoms. The van der Waals surface area contributed by atoms with Crippen LogP contribution in [-0.4, -0.2) is 38.7 Å². The lowest BCUT2D eigenvalue weighted by Crippen LogP contribution is -2.39. The van der Waals surface area contributed by atoms with E-state index in [2.05, 4.69) is 0 Å². The molecule has 0 saturated carbocycles. The number of hydrogen-bond donors (Lipinski definition) is 4. The van der Waals surface area contributed by atoms with Crippen molar-refractivity contribution in [2.45, 2.75) is 31.2 Å². The van der Waals surface area contributed by atoms with Crippen LogP contribution in [0.15, 0.2) is 35.9 Å². The van der Waals surface area contributed by atoms with Crippen molar-refractivity contribution in [1.29, 1.82) is 0 Å². The molecule has 0 fully saturated rings. The third-order valence-electron chi connectivity index (χ3n) is 3.62. The topological polar surface area (TPSA) is 90.2 Å². The molecule has 1 aromatic rings. The summed E-state index contributed by atoms with van der Waals surface area (Å²) in [6, 6.07) is 2.65. The number of aliphatic hydroxyl groups is 2. The zero-order valence-corrected chi connectivity index (χ0v) is 10.7. The van der Waals surface area contributed by atoms with Gasteiger partial charge in [0, 0.05) is 24.1 Å². The molecule has 1 aromatic carbocycles. The van der Waals surface area contributed by atoms with Crippen LogP contribution >= 0.6 is 0 Å². The number of rotatable bonds is 1. The Kier molecular flexibility index (Phi) is 3.16. The van der Waals surface area contributed by atoms with Crippen molar-refractivity contribution in [3.63, 3.8) is 0 Å². The minimum atomic E-state index is -0.788. The van der Waals surface area contributed by atoms with Gasteiger partial charge in [0.2, 0.25) is 0 Å². The molecule has 0 aromatic heterocycles.